The highest BCUT2D eigenvalue weighted by atomic mass is 28.4. The van der Waals surface area contributed by atoms with Crippen LogP contribution in [-0.4, -0.2) is 54.1 Å². The summed E-state index contributed by atoms with van der Waals surface area (Å²) in [7, 11) is -2.83. The molecule has 46 heavy (non-hydrogen) atoms. The van der Waals surface area contributed by atoms with Crippen LogP contribution in [-0.2, 0) is 29.7 Å². The topological polar surface area (TPSA) is 63.2 Å². The normalized spacial score (nSPS) is 15.5. The fourth-order valence-corrected chi connectivity index (χ4v) is 7.14. The molecule has 0 saturated heterocycles. The highest BCUT2D eigenvalue weighted by molar-refractivity contribution is 6.74. The van der Waals surface area contributed by atoms with Gasteiger partial charge < -0.3 is 23.1 Å². The van der Waals surface area contributed by atoms with Gasteiger partial charge >= 0.3 is 5.97 Å². The largest absolute Gasteiger partial charge is 0.497 e. The fraction of sp³-hybridized carbons (Fsp3) is 0.711. The molecule has 0 N–H and O–H groups in total. The van der Waals surface area contributed by atoms with Crippen LogP contribution in [0.3, 0.4) is 0 Å². The second kappa shape index (κ2) is 19.3. The van der Waals surface area contributed by atoms with Gasteiger partial charge in [-0.25, -0.2) is 0 Å². The summed E-state index contributed by atoms with van der Waals surface area (Å²) in [4.78, 5) is 13.5. The molecule has 0 aliphatic carbocycles. The van der Waals surface area contributed by atoms with Crippen molar-refractivity contribution < 1.29 is 27.9 Å². The third kappa shape index (κ3) is 14.2. The van der Waals surface area contributed by atoms with E-state index in [1.165, 1.54) is 19.3 Å². The molecule has 1 aromatic carbocycles. The van der Waals surface area contributed by atoms with Crippen molar-refractivity contribution in [3.63, 3.8) is 0 Å². The lowest BCUT2D eigenvalue weighted by Gasteiger charge is -2.46. The highest BCUT2D eigenvalue weighted by Gasteiger charge is 2.46. The molecule has 0 heterocycles. The molecule has 0 bridgehead atoms. The van der Waals surface area contributed by atoms with E-state index in [1.54, 1.807) is 13.2 Å². The zero-order chi connectivity index (χ0) is 35.2. The third-order valence-corrected chi connectivity index (χ3v) is 18.7. The van der Waals surface area contributed by atoms with Crippen LogP contribution in [0, 0.1) is 0 Å². The van der Waals surface area contributed by atoms with Gasteiger partial charge in [-0.2, -0.15) is 0 Å². The van der Waals surface area contributed by atoms with Gasteiger partial charge in [-0.1, -0.05) is 98.4 Å². The Morgan fingerprint density at radius 3 is 1.89 bits per heavy atom. The Balaban J connectivity index is 3.23. The summed E-state index contributed by atoms with van der Waals surface area (Å²) in [6.07, 6.45) is 9.11. The summed E-state index contributed by atoms with van der Waals surface area (Å²) >= 11 is 0. The fourth-order valence-electron chi connectivity index (χ4n) is 4.56. The van der Waals surface area contributed by atoms with E-state index >= 15 is 0 Å². The van der Waals surface area contributed by atoms with Crippen LogP contribution >= 0.6 is 0 Å². The Bertz CT molecular complexity index is 1040. The van der Waals surface area contributed by atoms with Gasteiger partial charge in [0, 0.05) is 6.42 Å². The number of carbonyl (C=O) groups excluding carboxylic acids is 1. The van der Waals surface area contributed by atoms with E-state index in [4.69, 9.17) is 23.1 Å². The van der Waals surface area contributed by atoms with Crippen molar-refractivity contribution in [3.05, 3.63) is 55.1 Å². The van der Waals surface area contributed by atoms with Gasteiger partial charge in [0.15, 0.2) is 16.6 Å². The number of benzene rings is 1. The molecule has 0 fully saturated rings. The predicted molar refractivity (Wildman–Crippen MR) is 199 cm³/mol. The van der Waals surface area contributed by atoms with Gasteiger partial charge in [0.2, 0.25) is 0 Å². The summed E-state index contributed by atoms with van der Waals surface area (Å²) in [5.41, 5.74) is 1.03. The molecule has 0 unspecified atom stereocenters. The van der Waals surface area contributed by atoms with E-state index < -0.39 is 34.9 Å². The zero-order valence-corrected chi connectivity index (χ0v) is 33.5. The van der Waals surface area contributed by atoms with Crippen molar-refractivity contribution in [1.82, 2.24) is 0 Å². The van der Waals surface area contributed by atoms with Crippen LogP contribution in [0.2, 0.25) is 36.3 Å². The first-order valence-electron chi connectivity index (χ1n) is 17.4. The minimum absolute atomic E-state index is 0.00757. The molecule has 6 nitrogen and oxygen atoms in total. The highest BCUT2D eigenvalue weighted by Crippen LogP contribution is 2.41. The SMILES string of the molecule is C=C[C@H](CCC(=O)O[C@H](CCCCCCC)[C@@H](O[Si](C)(C)C(C)(C)C)[C@H](C=C)O[Si](C)(C)C(C)(C)C)OCc1ccc(OC)cc1. The van der Waals surface area contributed by atoms with Gasteiger partial charge in [0.25, 0.3) is 0 Å². The molecule has 0 spiro atoms. The Hall–Kier alpha value is -1.72. The van der Waals surface area contributed by atoms with Crippen LogP contribution in [0.25, 0.3) is 0 Å². The molecule has 0 aliphatic heterocycles. The maximum absolute atomic E-state index is 13.5. The molecule has 4 atom stereocenters. The van der Waals surface area contributed by atoms with Crippen molar-refractivity contribution in [2.75, 3.05) is 7.11 Å². The summed E-state index contributed by atoms with van der Waals surface area (Å²) in [6, 6.07) is 7.77. The van der Waals surface area contributed by atoms with Gasteiger partial charge in [-0.05, 0) is 73.2 Å². The number of methoxy groups -OCH3 is 1. The van der Waals surface area contributed by atoms with Crippen molar-refractivity contribution in [2.45, 2.75) is 167 Å². The molecule has 8 heteroatoms. The minimum atomic E-state index is -2.28. The molecule has 0 amide bonds. The summed E-state index contributed by atoms with van der Waals surface area (Å²) in [5, 5.41) is -0.0182. The van der Waals surface area contributed by atoms with Crippen LogP contribution in [0.5, 0.6) is 5.75 Å². The smallest absolute Gasteiger partial charge is 0.306 e. The van der Waals surface area contributed by atoms with Crippen LogP contribution in [0.4, 0.5) is 0 Å². The van der Waals surface area contributed by atoms with E-state index in [2.05, 4.69) is 87.8 Å². The first-order chi connectivity index (χ1) is 21.3. The molecule has 0 aliphatic rings. The molecule has 0 saturated carbocycles. The van der Waals surface area contributed by atoms with Crippen LogP contribution in [0.1, 0.15) is 105 Å². The van der Waals surface area contributed by atoms with E-state index in [0.717, 1.165) is 30.6 Å². The minimum Gasteiger partial charge on any atom is -0.497 e. The average molecular weight is 677 g/mol. The second-order valence-corrected chi connectivity index (χ2v) is 25.1. The monoisotopic (exact) mass is 676 g/mol. The Kier molecular flexibility index (Phi) is 17.8. The number of hydrogen-bond acceptors (Lipinski definition) is 6. The van der Waals surface area contributed by atoms with Crippen molar-refractivity contribution in [1.29, 1.82) is 0 Å². The number of unbranched alkanes of at least 4 members (excludes halogenated alkanes) is 4. The quantitative estimate of drug-likeness (QED) is 0.0527. The van der Waals surface area contributed by atoms with Crippen molar-refractivity contribution >= 4 is 22.6 Å². The van der Waals surface area contributed by atoms with Gasteiger partial charge in [-0.15, -0.1) is 13.2 Å². The summed E-state index contributed by atoms with van der Waals surface area (Å²) in [6.45, 7) is 33.2. The van der Waals surface area contributed by atoms with Gasteiger partial charge in [0.1, 0.15) is 18.0 Å². The molecule has 264 valence electrons. The lowest BCUT2D eigenvalue weighted by Crippen LogP contribution is -2.55. The van der Waals surface area contributed by atoms with Gasteiger partial charge in [0.05, 0.1) is 25.9 Å². The van der Waals surface area contributed by atoms with Crippen LogP contribution < -0.4 is 4.74 Å². The number of carbonyl (C=O) groups is 1. The molecule has 0 radical (unpaired) electrons. The Morgan fingerprint density at radius 1 is 0.826 bits per heavy atom. The molecule has 1 rings (SSSR count). The number of ether oxygens (including phenoxy) is 3. The first kappa shape index (κ1) is 42.3. The van der Waals surface area contributed by atoms with E-state index in [9.17, 15) is 4.79 Å². The third-order valence-electron chi connectivity index (χ3n) is 9.79. The van der Waals surface area contributed by atoms with Crippen molar-refractivity contribution in [3.8, 4) is 5.75 Å². The molecule has 1 aromatic rings. The van der Waals surface area contributed by atoms with E-state index in [0.29, 0.717) is 13.0 Å². The number of hydrogen-bond donors (Lipinski definition) is 0. The molecular formula is C38H68O6Si2. The van der Waals surface area contributed by atoms with Gasteiger partial charge in [-0.3, -0.25) is 4.79 Å². The standard InChI is InChI=1S/C38H68O6Si2/c1-15-18-19-20-21-22-34(42-35(39)28-27-31(16-2)41-29-30-23-25-32(40-10)26-24-30)36(44-46(13,14)38(7,8)9)33(17-3)43-45(11,12)37(4,5)6/h16-17,23-26,31,33-34,36H,2-3,15,18-22,27-29H2,1,4-14H3/t31-,33+,34-,36+/m1/s1. The average Bonchev–Trinajstić information content (AvgIpc) is 2.97. The molecular weight excluding hydrogens is 609 g/mol. The summed E-state index contributed by atoms with van der Waals surface area (Å²) < 4.78 is 31.8. The lowest BCUT2D eigenvalue weighted by molar-refractivity contribution is -0.158. The molecule has 0 aromatic heterocycles. The van der Waals surface area contributed by atoms with Crippen LogP contribution in [0.15, 0.2) is 49.6 Å². The van der Waals surface area contributed by atoms with E-state index in [1.807, 2.05) is 30.3 Å². The number of esters is 1. The second-order valence-electron chi connectivity index (χ2n) is 15.6. The maximum atomic E-state index is 13.5. The first-order valence-corrected chi connectivity index (χ1v) is 23.2. The predicted octanol–water partition coefficient (Wildman–Crippen LogP) is 10.8. The van der Waals surface area contributed by atoms with E-state index in [-0.39, 0.29) is 28.6 Å². The Labute approximate surface area is 284 Å². The zero-order valence-electron chi connectivity index (χ0n) is 31.5. The number of rotatable bonds is 22. The summed E-state index contributed by atoms with van der Waals surface area (Å²) in [5.74, 6) is 0.549. The Morgan fingerprint density at radius 2 is 1.39 bits per heavy atom. The lowest BCUT2D eigenvalue weighted by atomic mass is 10.0. The maximum Gasteiger partial charge on any atom is 0.306 e. The van der Waals surface area contributed by atoms with Crippen molar-refractivity contribution in [2.24, 2.45) is 0 Å².